The van der Waals surface area contributed by atoms with Gasteiger partial charge >= 0.3 is 0 Å². The lowest BCUT2D eigenvalue weighted by molar-refractivity contribution is 0.0950. The van der Waals surface area contributed by atoms with Gasteiger partial charge in [-0.2, -0.15) is 0 Å². The summed E-state index contributed by atoms with van der Waals surface area (Å²) in [5.74, 6) is 0.286. The topological polar surface area (TPSA) is 51.2 Å². The molecule has 110 valence electrons. The minimum Gasteiger partial charge on any atom is -0.478 e. The molecule has 2 rings (SSSR count). The predicted octanol–water partition coefficient (Wildman–Crippen LogP) is 3.72. The monoisotopic (exact) mass is 324 g/mol. The highest BCUT2D eigenvalue weighted by atomic mass is 35.5. The Balaban J connectivity index is 2.05. The number of carbonyl (C=O) groups excluding carboxylic acids is 1. The van der Waals surface area contributed by atoms with Crippen LogP contribution in [0.5, 0.6) is 5.88 Å². The zero-order valence-electron chi connectivity index (χ0n) is 11.4. The van der Waals surface area contributed by atoms with E-state index in [2.05, 4.69) is 10.3 Å². The predicted molar refractivity (Wildman–Crippen MR) is 83.0 cm³/mol. The van der Waals surface area contributed by atoms with Gasteiger partial charge < -0.3 is 10.1 Å². The van der Waals surface area contributed by atoms with Crippen molar-refractivity contribution in [1.82, 2.24) is 10.3 Å². The van der Waals surface area contributed by atoms with Crippen LogP contribution >= 0.6 is 23.2 Å². The molecule has 0 saturated carbocycles. The van der Waals surface area contributed by atoms with Crippen LogP contribution in [-0.2, 0) is 6.54 Å². The first-order chi connectivity index (χ1) is 10.1. The molecule has 0 aliphatic carbocycles. The maximum Gasteiger partial charge on any atom is 0.251 e. The lowest BCUT2D eigenvalue weighted by atomic mass is 10.2. The number of carbonyl (C=O) groups is 1. The minimum absolute atomic E-state index is 0.236. The van der Waals surface area contributed by atoms with Gasteiger partial charge in [-0.05, 0) is 31.2 Å². The summed E-state index contributed by atoms with van der Waals surface area (Å²) in [5.41, 5.74) is 1.26. The molecule has 1 N–H and O–H groups in total. The summed E-state index contributed by atoms with van der Waals surface area (Å²) < 4.78 is 5.41. The number of nitrogens with zero attached hydrogens (tertiary/aromatic N) is 1. The number of benzene rings is 1. The van der Waals surface area contributed by atoms with E-state index in [0.717, 1.165) is 5.56 Å². The van der Waals surface area contributed by atoms with Crippen LogP contribution in [0.3, 0.4) is 0 Å². The fourth-order valence-corrected chi connectivity index (χ4v) is 2.04. The Bertz CT molecular complexity index is 647. The molecule has 0 saturated heterocycles. The number of aromatic nitrogens is 1. The number of hydrogen-bond donors (Lipinski definition) is 1. The second-order valence-corrected chi connectivity index (χ2v) is 5.03. The smallest absolute Gasteiger partial charge is 0.251 e. The van der Waals surface area contributed by atoms with Gasteiger partial charge in [-0.15, -0.1) is 0 Å². The third-order valence-electron chi connectivity index (χ3n) is 2.75. The van der Waals surface area contributed by atoms with Crippen molar-refractivity contribution in [2.24, 2.45) is 0 Å². The fourth-order valence-electron chi connectivity index (χ4n) is 1.74. The summed E-state index contributed by atoms with van der Waals surface area (Å²) in [6.07, 6.45) is 1.65. The Labute approximate surface area is 133 Å². The SMILES string of the molecule is CCOc1ncccc1CNC(=O)c1ccc(Cl)c(Cl)c1. The molecule has 0 spiro atoms. The maximum absolute atomic E-state index is 12.1. The Hall–Kier alpha value is -1.78. The van der Waals surface area contributed by atoms with Crippen LogP contribution in [0.2, 0.25) is 10.0 Å². The van der Waals surface area contributed by atoms with Gasteiger partial charge in [0.1, 0.15) is 0 Å². The standard InChI is InChI=1S/C15H14Cl2N2O2/c1-2-21-15-11(4-3-7-18-15)9-19-14(20)10-5-6-12(16)13(17)8-10/h3-8H,2,9H2,1H3,(H,19,20). The van der Waals surface area contributed by atoms with E-state index in [-0.39, 0.29) is 5.91 Å². The Morgan fingerprint density at radius 2 is 2.10 bits per heavy atom. The number of amides is 1. The number of nitrogens with one attached hydrogen (secondary N) is 1. The lowest BCUT2D eigenvalue weighted by Crippen LogP contribution is -2.23. The maximum atomic E-state index is 12.1. The first kappa shape index (κ1) is 15.6. The second kappa shape index (κ2) is 7.29. The minimum atomic E-state index is -0.236. The molecule has 0 aliphatic heterocycles. The molecule has 0 aliphatic rings. The first-order valence-electron chi connectivity index (χ1n) is 6.41. The second-order valence-electron chi connectivity index (χ2n) is 4.21. The molecule has 0 unspecified atom stereocenters. The summed E-state index contributed by atoms with van der Waals surface area (Å²) in [6.45, 7) is 2.72. The van der Waals surface area contributed by atoms with E-state index in [1.807, 2.05) is 13.0 Å². The molecule has 0 atom stereocenters. The number of pyridine rings is 1. The zero-order valence-corrected chi connectivity index (χ0v) is 12.9. The van der Waals surface area contributed by atoms with Crippen LogP contribution in [0.15, 0.2) is 36.5 Å². The summed E-state index contributed by atoms with van der Waals surface area (Å²) >= 11 is 11.7. The third kappa shape index (κ3) is 4.09. The molecule has 0 radical (unpaired) electrons. The molecule has 21 heavy (non-hydrogen) atoms. The molecular formula is C15H14Cl2N2O2. The highest BCUT2D eigenvalue weighted by molar-refractivity contribution is 6.42. The lowest BCUT2D eigenvalue weighted by Gasteiger charge is -2.10. The van der Waals surface area contributed by atoms with Gasteiger partial charge in [0.15, 0.2) is 0 Å². The quantitative estimate of drug-likeness (QED) is 0.911. The van der Waals surface area contributed by atoms with E-state index in [9.17, 15) is 4.79 Å². The van der Waals surface area contributed by atoms with Crippen molar-refractivity contribution < 1.29 is 9.53 Å². The van der Waals surface area contributed by atoms with E-state index < -0.39 is 0 Å². The first-order valence-corrected chi connectivity index (χ1v) is 7.17. The Kier molecular flexibility index (Phi) is 5.42. The number of halogens is 2. The van der Waals surface area contributed by atoms with E-state index in [1.54, 1.807) is 24.4 Å². The molecule has 1 aromatic heterocycles. The molecule has 1 heterocycles. The molecular weight excluding hydrogens is 311 g/mol. The Morgan fingerprint density at radius 3 is 2.81 bits per heavy atom. The van der Waals surface area contributed by atoms with Crippen molar-refractivity contribution in [3.63, 3.8) is 0 Å². The van der Waals surface area contributed by atoms with Crippen molar-refractivity contribution in [3.8, 4) is 5.88 Å². The van der Waals surface area contributed by atoms with Crippen molar-refractivity contribution in [2.45, 2.75) is 13.5 Å². The van der Waals surface area contributed by atoms with Gasteiger partial charge in [0.25, 0.3) is 5.91 Å². The van der Waals surface area contributed by atoms with Crippen LogP contribution in [0.1, 0.15) is 22.8 Å². The largest absolute Gasteiger partial charge is 0.478 e. The normalized spacial score (nSPS) is 10.2. The van der Waals surface area contributed by atoms with Crippen LogP contribution in [0, 0.1) is 0 Å². The van der Waals surface area contributed by atoms with Crippen molar-refractivity contribution in [2.75, 3.05) is 6.61 Å². The van der Waals surface area contributed by atoms with Crippen LogP contribution in [-0.4, -0.2) is 17.5 Å². The zero-order chi connectivity index (χ0) is 15.2. The fraction of sp³-hybridized carbons (Fsp3) is 0.200. The summed E-state index contributed by atoms with van der Waals surface area (Å²) in [7, 11) is 0. The van der Waals surface area contributed by atoms with E-state index in [0.29, 0.717) is 34.6 Å². The van der Waals surface area contributed by atoms with Gasteiger partial charge in [-0.3, -0.25) is 4.79 Å². The molecule has 0 fully saturated rings. The number of rotatable bonds is 5. The molecule has 4 nitrogen and oxygen atoms in total. The van der Waals surface area contributed by atoms with Gasteiger partial charge in [0.2, 0.25) is 5.88 Å². The average molecular weight is 325 g/mol. The van der Waals surface area contributed by atoms with Gasteiger partial charge in [0, 0.05) is 23.9 Å². The van der Waals surface area contributed by atoms with Gasteiger partial charge in [0.05, 0.1) is 16.7 Å². The van der Waals surface area contributed by atoms with Crippen LogP contribution in [0.4, 0.5) is 0 Å². The van der Waals surface area contributed by atoms with Crippen molar-refractivity contribution in [1.29, 1.82) is 0 Å². The molecule has 2 aromatic rings. The van der Waals surface area contributed by atoms with E-state index in [1.165, 1.54) is 6.07 Å². The van der Waals surface area contributed by atoms with Crippen LogP contribution in [0.25, 0.3) is 0 Å². The number of hydrogen-bond acceptors (Lipinski definition) is 3. The van der Waals surface area contributed by atoms with Crippen molar-refractivity contribution in [3.05, 3.63) is 57.7 Å². The van der Waals surface area contributed by atoms with E-state index >= 15 is 0 Å². The molecule has 0 bridgehead atoms. The van der Waals surface area contributed by atoms with Gasteiger partial charge in [-0.25, -0.2) is 4.98 Å². The van der Waals surface area contributed by atoms with Crippen LogP contribution < -0.4 is 10.1 Å². The van der Waals surface area contributed by atoms with E-state index in [4.69, 9.17) is 27.9 Å². The molecule has 6 heteroatoms. The summed E-state index contributed by atoms with van der Waals surface area (Å²) in [6, 6.07) is 8.40. The summed E-state index contributed by atoms with van der Waals surface area (Å²) in [5, 5.41) is 3.56. The molecule has 1 aromatic carbocycles. The Morgan fingerprint density at radius 1 is 1.29 bits per heavy atom. The highest BCUT2D eigenvalue weighted by Gasteiger charge is 2.10. The third-order valence-corrected chi connectivity index (χ3v) is 3.49. The average Bonchev–Trinajstić information content (AvgIpc) is 2.49. The highest BCUT2D eigenvalue weighted by Crippen LogP contribution is 2.22. The molecule has 1 amide bonds. The van der Waals surface area contributed by atoms with Gasteiger partial charge in [-0.1, -0.05) is 29.3 Å². The number of ether oxygens (including phenoxy) is 1. The summed E-state index contributed by atoms with van der Waals surface area (Å²) in [4.78, 5) is 16.2. The van der Waals surface area contributed by atoms with Crippen molar-refractivity contribution >= 4 is 29.1 Å².